The van der Waals surface area contributed by atoms with Gasteiger partial charge in [0.1, 0.15) is 0 Å². The molecule has 3 rings (SSSR count). The van der Waals surface area contributed by atoms with Crippen molar-refractivity contribution in [2.45, 2.75) is 32.5 Å². The average Bonchev–Trinajstić information content (AvgIpc) is 2.70. The molecule has 2 N–H and O–H groups in total. The van der Waals surface area contributed by atoms with E-state index in [4.69, 9.17) is 0 Å². The zero-order chi connectivity index (χ0) is 18.4. The Morgan fingerprint density at radius 1 is 0.769 bits per heavy atom. The predicted octanol–water partition coefficient (Wildman–Crippen LogP) is 5.20. The van der Waals surface area contributed by atoms with Gasteiger partial charge >= 0.3 is 0 Å². The van der Waals surface area contributed by atoms with E-state index in [0.29, 0.717) is 0 Å². The van der Waals surface area contributed by atoms with Crippen molar-refractivity contribution in [3.05, 3.63) is 107 Å². The van der Waals surface area contributed by atoms with Crippen LogP contribution >= 0.6 is 0 Å². The van der Waals surface area contributed by atoms with E-state index >= 15 is 0 Å². The Bertz CT molecular complexity index is 783. The maximum atomic E-state index is 10.9. The van der Waals surface area contributed by atoms with Crippen molar-refractivity contribution in [3.8, 4) is 0 Å². The molecule has 26 heavy (non-hydrogen) atoms. The zero-order valence-corrected chi connectivity index (χ0v) is 15.5. The first kappa shape index (κ1) is 18.4. The highest BCUT2D eigenvalue weighted by Crippen LogP contribution is 2.32. The highest BCUT2D eigenvalue weighted by atomic mass is 16.3. The zero-order valence-electron chi connectivity index (χ0n) is 15.5. The number of hydrogen-bond acceptors (Lipinski definition) is 2. The first-order valence-corrected chi connectivity index (χ1v) is 9.22. The summed E-state index contributed by atoms with van der Waals surface area (Å²) in [4.78, 5) is 0. The quantitative estimate of drug-likeness (QED) is 0.617. The van der Waals surface area contributed by atoms with Crippen LogP contribution < -0.4 is 5.32 Å². The van der Waals surface area contributed by atoms with Gasteiger partial charge < -0.3 is 10.4 Å². The molecule has 0 unspecified atom stereocenters. The monoisotopic (exact) mass is 345 g/mol. The van der Waals surface area contributed by atoms with E-state index in [2.05, 4.69) is 67.7 Å². The minimum absolute atomic E-state index is 0.0326. The molecule has 0 bridgehead atoms. The summed E-state index contributed by atoms with van der Waals surface area (Å²) in [6.45, 7) is 4.98. The third kappa shape index (κ3) is 4.60. The van der Waals surface area contributed by atoms with Crippen LogP contribution in [0.5, 0.6) is 0 Å². The maximum absolute atomic E-state index is 10.9. The fraction of sp³-hybridized carbons (Fsp3) is 0.250. The lowest BCUT2D eigenvalue weighted by atomic mass is 9.86. The SMILES string of the molecule is Cc1ccc(CN[C@H](c2ccccc2)[C@@H](C)[C@@H](O)c2ccccc2)cc1. The smallest absolute Gasteiger partial charge is 0.0833 e. The van der Waals surface area contributed by atoms with E-state index in [1.165, 1.54) is 16.7 Å². The van der Waals surface area contributed by atoms with Gasteiger partial charge in [0, 0.05) is 18.5 Å². The Labute approximate surface area is 156 Å². The summed E-state index contributed by atoms with van der Waals surface area (Å²) < 4.78 is 0. The fourth-order valence-corrected chi connectivity index (χ4v) is 3.34. The van der Waals surface area contributed by atoms with Gasteiger partial charge in [-0.05, 0) is 23.6 Å². The Morgan fingerprint density at radius 2 is 1.31 bits per heavy atom. The normalized spacial score (nSPS) is 14.6. The van der Waals surface area contributed by atoms with Crippen molar-refractivity contribution in [1.82, 2.24) is 5.32 Å². The lowest BCUT2D eigenvalue weighted by Gasteiger charge is -2.30. The molecule has 2 nitrogen and oxygen atoms in total. The summed E-state index contributed by atoms with van der Waals surface area (Å²) in [7, 11) is 0. The Kier molecular flexibility index (Phi) is 6.21. The lowest BCUT2D eigenvalue weighted by Crippen LogP contribution is -2.30. The van der Waals surface area contributed by atoms with Crippen molar-refractivity contribution in [3.63, 3.8) is 0 Å². The third-order valence-electron chi connectivity index (χ3n) is 4.97. The van der Waals surface area contributed by atoms with Crippen molar-refractivity contribution < 1.29 is 5.11 Å². The summed E-state index contributed by atoms with van der Waals surface area (Å²) in [5, 5.41) is 14.6. The Hall–Kier alpha value is -2.42. The average molecular weight is 345 g/mol. The highest BCUT2D eigenvalue weighted by molar-refractivity contribution is 5.25. The number of aryl methyl sites for hydroxylation is 1. The van der Waals surface area contributed by atoms with E-state index in [1.807, 2.05) is 36.4 Å². The molecule has 0 fully saturated rings. The van der Waals surface area contributed by atoms with Gasteiger partial charge in [0.05, 0.1) is 6.10 Å². The van der Waals surface area contributed by atoms with Gasteiger partial charge in [-0.1, -0.05) is 97.4 Å². The molecule has 0 amide bonds. The summed E-state index contributed by atoms with van der Waals surface area (Å²) in [6.07, 6.45) is -0.521. The molecule has 3 atom stereocenters. The highest BCUT2D eigenvalue weighted by Gasteiger charge is 2.26. The summed E-state index contributed by atoms with van der Waals surface area (Å²) >= 11 is 0. The van der Waals surface area contributed by atoms with Crippen LogP contribution in [0.3, 0.4) is 0 Å². The minimum atomic E-state index is -0.521. The minimum Gasteiger partial charge on any atom is -0.388 e. The second kappa shape index (κ2) is 8.79. The molecule has 0 saturated carbocycles. The van der Waals surface area contributed by atoms with E-state index in [1.54, 1.807) is 0 Å². The second-order valence-corrected chi connectivity index (χ2v) is 6.97. The summed E-state index contributed by atoms with van der Waals surface area (Å²) in [6, 6.07) is 28.9. The van der Waals surface area contributed by atoms with Gasteiger partial charge in [-0.2, -0.15) is 0 Å². The molecule has 0 heterocycles. The molecular weight excluding hydrogens is 318 g/mol. The number of rotatable bonds is 7. The Morgan fingerprint density at radius 3 is 1.88 bits per heavy atom. The van der Waals surface area contributed by atoms with Crippen molar-refractivity contribution in [2.75, 3.05) is 0 Å². The summed E-state index contributed by atoms with van der Waals surface area (Å²) in [5.41, 5.74) is 4.67. The number of aliphatic hydroxyl groups excluding tert-OH is 1. The maximum Gasteiger partial charge on any atom is 0.0833 e. The fourth-order valence-electron chi connectivity index (χ4n) is 3.34. The molecule has 0 aromatic heterocycles. The van der Waals surface area contributed by atoms with Gasteiger partial charge in [0.25, 0.3) is 0 Å². The molecule has 3 aromatic carbocycles. The first-order chi connectivity index (χ1) is 12.6. The molecule has 0 spiro atoms. The number of nitrogens with one attached hydrogen (secondary N) is 1. The molecule has 134 valence electrons. The molecule has 0 radical (unpaired) electrons. The number of benzene rings is 3. The van der Waals surface area contributed by atoms with Crippen LogP contribution in [0.4, 0.5) is 0 Å². The molecule has 0 saturated heterocycles. The van der Waals surface area contributed by atoms with Crippen molar-refractivity contribution >= 4 is 0 Å². The molecule has 0 aliphatic carbocycles. The van der Waals surface area contributed by atoms with Crippen LogP contribution in [-0.2, 0) is 6.54 Å². The van der Waals surface area contributed by atoms with Gasteiger partial charge in [-0.15, -0.1) is 0 Å². The molecule has 0 aliphatic heterocycles. The van der Waals surface area contributed by atoms with Gasteiger partial charge in [-0.3, -0.25) is 0 Å². The van der Waals surface area contributed by atoms with Crippen molar-refractivity contribution in [1.29, 1.82) is 0 Å². The van der Waals surface area contributed by atoms with Gasteiger partial charge in [-0.25, -0.2) is 0 Å². The topological polar surface area (TPSA) is 32.3 Å². The van der Waals surface area contributed by atoms with Crippen LogP contribution in [0.15, 0.2) is 84.9 Å². The molecule has 3 aromatic rings. The number of aliphatic hydroxyl groups is 1. The third-order valence-corrected chi connectivity index (χ3v) is 4.97. The lowest BCUT2D eigenvalue weighted by molar-refractivity contribution is 0.0931. The predicted molar refractivity (Wildman–Crippen MR) is 108 cm³/mol. The van der Waals surface area contributed by atoms with Crippen LogP contribution in [0, 0.1) is 12.8 Å². The van der Waals surface area contributed by atoms with E-state index in [9.17, 15) is 5.11 Å². The molecular formula is C24H27NO. The van der Waals surface area contributed by atoms with Gasteiger partial charge in [0.2, 0.25) is 0 Å². The van der Waals surface area contributed by atoms with Crippen molar-refractivity contribution in [2.24, 2.45) is 5.92 Å². The number of hydrogen-bond donors (Lipinski definition) is 2. The van der Waals surface area contributed by atoms with Crippen LogP contribution in [0.1, 0.15) is 41.3 Å². The van der Waals surface area contributed by atoms with E-state index in [0.717, 1.165) is 12.1 Å². The van der Waals surface area contributed by atoms with Crippen LogP contribution in [0.2, 0.25) is 0 Å². The summed E-state index contributed by atoms with van der Waals surface area (Å²) in [5.74, 6) is 0.0326. The van der Waals surface area contributed by atoms with Crippen LogP contribution in [-0.4, -0.2) is 5.11 Å². The standard InChI is InChI=1S/C24H27NO/c1-18-13-15-20(16-14-18)17-25-23(21-9-5-3-6-10-21)19(2)24(26)22-11-7-4-8-12-22/h3-16,19,23-26H,17H2,1-2H3/t19-,23+,24-/m1/s1. The van der Waals surface area contributed by atoms with E-state index in [-0.39, 0.29) is 12.0 Å². The van der Waals surface area contributed by atoms with E-state index < -0.39 is 6.10 Å². The van der Waals surface area contributed by atoms with Crippen LogP contribution in [0.25, 0.3) is 0 Å². The Balaban J connectivity index is 1.80. The van der Waals surface area contributed by atoms with Gasteiger partial charge in [0.15, 0.2) is 0 Å². The molecule has 2 heteroatoms. The second-order valence-electron chi connectivity index (χ2n) is 6.97. The first-order valence-electron chi connectivity index (χ1n) is 9.22. The molecule has 0 aliphatic rings. The largest absolute Gasteiger partial charge is 0.388 e.